The van der Waals surface area contributed by atoms with Crippen LogP contribution in [0.3, 0.4) is 0 Å². The van der Waals surface area contributed by atoms with Crippen molar-refractivity contribution in [1.82, 2.24) is 15.1 Å². The molecule has 2 saturated heterocycles. The summed E-state index contributed by atoms with van der Waals surface area (Å²) < 4.78 is 11.3. The number of aryl methyl sites for hydroxylation is 1. The molecule has 2 aliphatic heterocycles. The summed E-state index contributed by atoms with van der Waals surface area (Å²) in [7, 11) is 0. The zero-order valence-electron chi connectivity index (χ0n) is 17.4. The molecule has 2 fully saturated rings. The number of carbonyl (C=O) groups is 1. The van der Waals surface area contributed by atoms with Gasteiger partial charge in [0.25, 0.3) is 5.91 Å². The standard InChI is InChI=1S/C21H32N4O3.HI/c1-3-22-21(23-9-15-27-18-7-4-6-17(2)16-18)25-12-10-24(11-13-25)20(26)19-8-5-14-28-19;/h4,6-7,16,19H,3,5,8-15H2,1-2H3,(H,22,23);1H. The van der Waals surface area contributed by atoms with Crippen molar-refractivity contribution in [3.05, 3.63) is 29.8 Å². The maximum atomic E-state index is 12.5. The Bertz CT molecular complexity index is 672. The van der Waals surface area contributed by atoms with Crippen LogP contribution in [0.5, 0.6) is 5.75 Å². The number of nitrogens with one attached hydrogen (secondary N) is 1. The lowest BCUT2D eigenvalue weighted by atomic mass is 10.2. The second kappa shape index (κ2) is 12.2. The molecule has 162 valence electrons. The van der Waals surface area contributed by atoms with Crippen LogP contribution in [0.15, 0.2) is 29.3 Å². The van der Waals surface area contributed by atoms with E-state index in [4.69, 9.17) is 14.5 Å². The average Bonchev–Trinajstić information content (AvgIpc) is 3.25. The van der Waals surface area contributed by atoms with Crippen LogP contribution in [0.25, 0.3) is 0 Å². The van der Waals surface area contributed by atoms with Crippen molar-refractivity contribution in [2.24, 2.45) is 4.99 Å². The summed E-state index contributed by atoms with van der Waals surface area (Å²) in [5, 5.41) is 3.35. The number of rotatable bonds is 6. The third-order valence-corrected chi connectivity index (χ3v) is 5.04. The number of halogens is 1. The monoisotopic (exact) mass is 516 g/mol. The van der Waals surface area contributed by atoms with Gasteiger partial charge in [-0.05, 0) is 44.4 Å². The molecular formula is C21H33IN4O3. The molecule has 1 amide bonds. The van der Waals surface area contributed by atoms with Gasteiger partial charge < -0.3 is 24.6 Å². The molecule has 1 aromatic rings. The summed E-state index contributed by atoms with van der Waals surface area (Å²) in [4.78, 5) is 21.3. The summed E-state index contributed by atoms with van der Waals surface area (Å²) in [6, 6.07) is 8.04. The lowest BCUT2D eigenvalue weighted by Gasteiger charge is -2.37. The number of hydrogen-bond acceptors (Lipinski definition) is 4. The molecule has 1 N–H and O–H groups in total. The fourth-order valence-corrected chi connectivity index (χ4v) is 3.56. The number of piperazine rings is 1. The Labute approximate surface area is 190 Å². The first-order valence-electron chi connectivity index (χ1n) is 10.3. The van der Waals surface area contributed by atoms with Gasteiger partial charge in [0.2, 0.25) is 0 Å². The topological polar surface area (TPSA) is 66.4 Å². The molecule has 0 spiro atoms. The molecular weight excluding hydrogens is 483 g/mol. The minimum absolute atomic E-state index is 0. The van der Waals surface area contributed by atoms with E-state index in [0.29, 0.717) is 32.8 Å². The summed E-state index contributed by atoms with van der Waals surface area (Å²) in [6.07, 6.45) is 1.61. The maximum absolute atomic E-state index is 12.5. The number of amides is 1. The Balaban J connectivity index is 0.00000300. The highest BCUT2D eigenvalue weighted by Gasteiger charge is 2.30. The van der Waals surface area contributed by atoms with Crippen LogP contribution in [0.4, 0.5) is 0 Å². The van der Waals surface area contributed by atoms with E-state index in [2.05, 4.69) is 30.1 Å². The Hall–Kier alpha value is -1.55. The minimum atomic E-state index is -0.229. The zero-order valence-corrected chi connectivity index (χ0v) is 19.8. The molecule has 0 aliphatic carbocycles. The molecule has 3 rings (SSSR count). The van der Waals surface area contributed by atoms with Crippen LogP contribution in [-0.2, 0) is 9.53 Å². The van der Waals surface area contributed by atoms with Gasteiger partial charge >= 0.3 is 0 Å². The zero-order chi connectivity index (χ0) is 19.8. The normalized spacial score (nSPS) is 19.7. The van der Waals surface area contributed by atoms with Crippen molar-refractivity contribution in [3.8, 4) is 5.75 Å². The predicted molar refractivity (Wildman–Crippen MR) is 125 cm³/mol. The van der Waals surface area contributed by atoms with Crippen LogP contribution in [0.1, 0.15) is 25.3 Å². The first kappa shape index (κ1) is 23.7. The third-order valence-electron chi connectivity index (χ3n) is 5.04. The van der Waals surface area contributed by atoms with Crippen molar-refractivity contribution >= 4 is 35.8 Å². The second-order valence-electron chi connectivity index (χ2n) is 7.21. The summed E-state index contributed by atoms with van der Waals surface area (Å²) >= 11 is 0. The first-order chi connectivity index (χ1) is 13.7. The lowest BCUT2D eigenvalue weighted by molar-refractivity contribution is -0.142. The Morgan fingerprint density at radius 1 is 1.28 bits per heavy atom. The summed E-state index contributed by atoms with van der Waals surface area (Å²) in [5.74, 6) is 1.91. The second-order valence-corrected chi connectivity index (χ2v) is 7.21. The SMILES string of the molecule is CCNC(=NCCOc1cccc(C)c1)N1CCN(C(=O)C2CCCO2)CC1.I. The third kappa shape index (κ3) is 7.02. The maximum Gasteiger partial charge on any atom is 0.251 e. The van der Waals surface area contributed by atoms with Crippen molar-refractivity contribution in [2.45, 2.75) is 32.8 Å². The molecule has 1 atom stereocenters. The summed E-state index contributed by atoms with van der Waals surface area (Å²) in [6.45, 7) is 9.75. The van der Waals surface area contributed by atoms with Crippen molar-refractivity contribution in [2.75, 3.05) is 52.5 Å². The van der Waals surface area contributed by atoms with Crippen LogP contribution >= 0.6 is 24.0 Å². The smallest absolute Gasteiger partial charge is 0.251 e. The van der Waals surface area contributed by atoms with E-state index in [9.17, 15) is 4.79 Å². The van der Waals surface area contributed by atoms with Gasteiger partial charge in [-0.15, -0.1) is 24.0 Å². The molecule has 0 aromatic heterocycles. The van der Waals surface area contributed by atoms with E-state index in [1.54, 1.807) is 0 Å². The Morgan fingerprint density at radius 2 is 2.03 bits per heavy atom. The van der Waals surface area contributed by atoms with Gasteiger partial charge in [-0.25, -0.2) is 4.99 Å². The van der Waals surface area contributed by atoms with Gasteiger partial charge in [0, 0.05) is 39.3 Å². The van der Waals surface area contributed by atoms with Crippen LogP contribution < -0.4 is 10.1 Å². The number of carbonyl (C=O) groups excluding carboxylic acids is 1. The summed E-state index contributed by atoms with van der Waals surface area (Å²) in [5.41, 5.74) is 1.18. The molecule has 2 heterocycles. The van der Waals surface area contributed by atoms with Gasteiger partial charge in [-0.2, -0.15) is 0 Å². The van der Waals surface area contributed by atoms with E-state index < -0.39 is 0 Å². The fourth-order valence-electron chi connectivity index (χ4n) is 3.56. The Kier molecular flexibility index (Phi) is 9.99. The predicted octanol–water partition coefficient (Wildman–Crippen LogP) is 2.28. The molecule has 0 saturated carbocycles. The molecule has 8 heteroatoms. The average molecular weight is 516 g/mol. The number of ether oxygens (including phenoxy) is 2. The van der Waals surface area contributed by atoms with Crippen LogP contribution in [0.2, 0.25) is 0 Å². The number of aliphatic imine (C=N–C) groups is 1. The van der Waals surface area contributed by atoms with Gasteiger partial charge in [0.05, 0.1) is 6.54 Å². The number of benzene rings is 1. The lowest BCUT2D eigenvalue weighted by Crippen LogP contribution is -2.55. The Morgan fingerprint density at radius 3 is 2.69 bits per heavy atom. The quantitative estimate of drug-likeness (QED) is 0.272. The van der Waals surface area contributed by atoms with E-state index in [0.717, 1.165) is 44.2 Å². The molecule has 2 aliphatic rings. The van der Waals surface area contributed by atoms with E-state index in [1.165, 1.54) is 5.56 Å². The molecule has 1 unspecified atom stereocenters. The van der Waals surface area contributed by atoms with Gasteiger partial charge in [0.15, 0.2) is 5.96 Å². The minimum Gasteiger partial charge on any atom is -0.492 e. The van der Waals surface area contributed by atoms with Crippen LogP contribution in [0, 0.1) is 6.92 Å². The number of hydrogen-bond donors (Lipinski definition) is 1. The number of guanidine groups is 1. The molecule has 29 heavy (non-hydrogen) atoms. The molecule has 7 nitrogen and oxygen atoms in total. The van der Waals surface area contributed by atoms with Crippen molar-refractivity contribution in [3.63, 3.8) is 0 Å². The molecule has 1 aromatic carbocycles. The van der Waals surface area contributed by atoms with Crippen molar-refractivity contribution < 1.29 is 14.3 Å². The van der Waals surface area contributed by atoms with Gasteiger partial charge in [-0.3, -0.25) is 4.79 Å². The van der Waals surface area contributed by atoms with Crippen molar-refractivity contribution in [1.29, 1.82) is 0 Å². The molecule has 0 bridgehead atoms. The van der Waals surface area contributed by atoms with Crippen LogP contribution in [-0.4, -0.2) is 80.3 Å². The fraction of sp³-hybridized carbons (Fsp3) is 0.619. The highest BCUT2D eigenvalue weighted by molar-refractivity contribution is 14.0. The van der Waals surface area contributed by atoms with E-state index in [1.807, 2.05) is 23.1 Å². The number of nitrogens with zero attached hydrogens (tertiary/aromatic N) is 3. The van der Waals surface area contributed by atoms with E-state index in [-0.39, 0.29) is 36.0 Å². The van der Waals surface area contributed by atoms with E-state index >= 15 is 0 Å². The first-order valence-corrected chi connectivity index (χ1v) is 10.3. The van der Waals surface area contributed by atoms with Gasteiger partial charge in [0.1, 0.15) is 18.5 Å². The molecule has 0 radical (unpaired) electrons. The largest absolute Gasteiger partial charge is 0.492 e. The highest BCUT2D eigenvalue weighted by atomic mass is 127. The highest BCUT2D eigenvalue weighted by Crippen LogP contribution is 2.16. The van der Waals surface area contributed by atoms with Gasteiger partial charge in [-0.1, -0.05) is 12.1 Å².